The van der Waals surface area contributed by atoms with Gasteiger partial charge >= 0.3 is 0 Å². The van der Waals surface area contributed by atoms with E-state index >= 15 is 0 Å². The highest BCUT2D eigenvalue weighted by atomic mass is 32.1. The Morgan fingerprint density at radius 3 is 1.84 bits per heavy atom. The first-order valence-corrected chi connectivity index (χ1v) is 6.52. The molecule has 1 aromatic carbocycles. The van der Waals surface area contributed by atoms with Crippen LogP contribution in [0.3, 0.4) is 0 Å². The van der Waals surface area contributed by atoms with Gasteiger partial charge in [-0.1, -0.05) is 17.7 Å². The van der Waals surface area contributed by atoms with Crippen molar-refractivity contribution in [1.29, 1.82) is 10.8 Å². The summed E-state index contributed by atoms with van der Waals surface area (Å²) in [7, 11) is 1.61. The second kappa shape index (κ2) is 7.30. The van der Waals surface area contributed by atoms with E-state index in [9.17, 15) is 0 Å². The topological polar surface area (TPSA) is 81.0 Å². The Bertz CT molecular complexity index is 452. The van der Waals surface area contributed by atoms with E-state index in [0.717, 1.165) is 22.4 Å². The fraction of sp³-hybridized carbons (Fsp3) is 0.333. The molecule has 0 unspecified atom stereocenters. The Morgan fingerprint density at radius 1 is 1.11 bits per heavy atom. The molecule has 104 valence electrons. The van der Waals surface area contributed by atoms with Gasteiger partial charge in [-0.3, -0.25) is 10.8 Å². The van der Waals surface area contributed by atoms with Crippen LogP contribution in [-0.2, 0) is 13.1 Å². The average molecular weight is 298 g/mol. The molecule has 0 aliphatic rings. The number of thiol groups is 2. The first kappa shape index (κ1) is 15.7. The number of amidine groups is 2. The molecule has 0 saturated heterocycles. The average Bonchev–Trinajstić information content (AvgIpc) is 2.33. The maximum absolute atomic E-state index is 7.28. The molecule has 0 radical (unpaired) electrons. The SMILES string of the molecule is COc1c(CNC(=N)S)cc(C)cc1CNC(=N)S. The summed E-state index contributed by atoms with van der Waals surface area (Å²) in [5.41, 5.74) is 2.98. The molecule has 1 rings (SSSR count). The monoisotopic (exact) mass is 298 g/mol. The lowest BCUT2D eigenvalue weighted by atomic mass is 10.0. The maximum Gasteiger partial charge on any atom is 0.150 e. The van der Waals surface area contributed by atoms with Gasteiger partial charge in [-0.15, -0.1) is 25.3 Å². The van der Waals surface area contributed by atoms with Crippen LogP contribution >= 0.6 is 25.3 Å². The van der Waals surface area contributed by atoms with Crippen molar-refractivity contribution < 1.29 is 4.74 Å². The molecule has 0 amide bonds. The van der Waals surface area contributed by atoms with E-state index in [1.165, 1.54) is 0 Å². The van der Waals surface area contributed by atoms with E-state index in [0.29, 0.717) is 13.1 Å². The van der Waals surface area contributed by atoms with Gasteiger partial charge in [-0.05, 0) is 6.92 Å². The lowest BCUT2D eigenvalue weighted by Gasteiger charge is -2.16. The van der Waals surface area contributed by atoms with Crippen molar-refractivity contribution in [3.05, 3.63) is 28.8 Å². The number of nitrogens with one attached hydrogen (secondary N) is 4. The predicted molar refractivity (Wildman–Crippen MR) is 84.8 cm³/mol. The number of ether oxygens (including phenoxy) is 1. The first-order valence-electron chi connectivity index (χ1n) is 5.63. The summed E-state index contributed by atoms with van der Waals surface area (Å²) in [4.78, 5) is 0. The van der Waals surface area contributed by atoms with Gasteiger partial charge in [0, 0.05) is 24.2 Å². The fourth-order valence-corrected chi connectivity index (χ4v) is 1.97. The van der Waals surface area contributed by atoms with E-state index < -0.39 is 0 Å². The van der Waals surface area contributed by atoms with Crippen LogP contribution in [0.2, 0.25) is 0 Å². The van der Waals surface area contributed by atoms with Crippen molar-refractivity contribution in [3.63, 3.8) is 0 Å². The third-order valence-corrected chi connectivity index (χ3v) is 2.80. The highest BCUT2D eigenvalue weighted by Gasteiger charge is 2.10. The number of aryl methyl sites for hydroxylation is 1. The molecule has 5 nitrogen and oxygen atoms in total. The van der Waals surface area contributed by atoms with E-state index in [1.807, 2.05) is 19.1 Å². The number of rotatable bonds is 5. The van der Waals surface area contributed by atoms with Gasteiger partial charge in [0.1, 0.15) is 5.75 Å². The number of methoxy groups -OCH3 is 1. The van der Waals surface area contributed by atoms with Crippen LogP contribution in [0.25, 0.3) is 0 Å². The highest BCUT2D eigenvalue weighted by molar-refractivity contribution is 7.96. The van der Waals surface area contributed by atoms with Crippen LogP contribution in [0.4, 0.5) is 0 Å². The van der Waals surface area contributed by atoms with Crippen molar-refractivity contribution >= 4 is 35.6 Å². The van der Waals surface area contributed by atoms with Gasteiger partial charge in [0.15, 0.2) is 10.3 Å². The van der Waals surface area contributed by atoms with Crippen molar-refractivity contribution in [1.82, 2.24) is 10.6 Å². The van der Waals surface area contributed by atoms with Crippen LogP contribution in [0.15, 0.2) is 12.1 Å². The largest absolute Gasteiger partial charge is 0.496 e. The van der Waals surface area contributed by atoms with Crippen molar-refractivity contribution in [2.24, 2.45) is 0 Å². The van der Waals surface area contributed by atoms with Gasteiger partial charge in [0.25, 0.3) is 0 Å². The molecule has 4 N–H and O–H groups in total. The Hall–Kier alpha value is -1.34. The molecule has 0 spiro atoms. The summed E-state index contributed by atoms with van der Waals surface area (Å²) < 4.78 is 5.43. The zero-order valence-corrected chi connectivity index (χ0v) is 12.7. The highest BCUT2D eigenvalue weighted by Crippen LogP contribution is 2.26. The molecule has 1 aromatic rings. The molecule has 0 aliphatic carbocycles. The number of hydrogen-bond donors (Lipinski definition) is 6. The number of hydrogen-bond acceptors (Lipinski definition) is 3. The molecule has 0 bridgehead atoms. The Morgan fingerprint density at radius 2 is 1.53 bits per heavy atom. The van der Waals surface area contributed by atoms with Crippen LogP contribution in [0, 0.1) is 17.7 Å². The molecule has 0 atom stereocenters. The summed E-state index contributed by atoms with van der Waals surface area (Å²) in [5, 5.41) is 20.5. The van der Waals surface area contributed by atoms with Crippen LogP contribution < -0.4 is 15.4 Å². The quantitative estimate of drug-likeness (QED) is 0.285. The fourth-order valence-electron chi connectivity index (χ4n) is 1.81. The Balaban J connectivity index is 3.01. The zero-order valence-electron chi connectivity index (χ0n) is 10.9. The maximum atomic E-state index is 7.28. The molecule has 0 heterocycles. The van der Waals surface area contributed by atoms with Gasteiger partial charge in [-0.2, -0.15) is 0 Å². The minimum Gasteiger partial charge on any atom is -0.496 e. The molecule has 0 aromatic heterocycles. The smallest absolute Gasteiger partial charge is 0.150 e. The Labute approximate surface area is 124 Å². The second-order valence-electron chi connectivity index (χ2n) is 4.02. The van der Waals surface area contributed by atoms with E-state index in [2.05, 4.69) is 35.9 Å². The van der Waals surface area contributed by atoms with E-state index in [-0.39, 0.29) is 10.3 Å². The molecular formula is C12H18N4OS2. The van der Waals surface area contributed by atoms with Gasteiger partial charge in [-0.25, -0.2) is 0 Å². The van der Waals surface area contributed by atoms with Gasteiger partial charge in [0.05, 0.1) is 7.11 Å². The summed E-state index contributed by atoms with van der Waals surface area (Å²) in [6.45, 7) is 2.93. The third kappa shape index (κ3) is 5.04. The van der Waals surface area contributed by atoms with Crippen molar-refractivity contribution in [3.8, 4) is 5.75 Å². The van der Waals surface area contributed by atoms with Gasteiger partial charge < -0.3 is 15.4 Å². The molecular weight excluding hydrogens is 280 g/mol. The van der Waals surface area contributed by atoms with Crippen LogP contribution in [0.5, 0.6) is 5.75 Å². The molecule has 19 heavy (non-hydrogen) atoms. The standard InChI is InChI=1S/C12H18N4OS2/c1-7-3-8(5-15-11(13)18)10(17-2)9(4-7)6-16-12(14)19/h3-4H,5-6H2,1-2H3,(H3,13,15,18)(H3,14,16,19). The second-order valence-corrected chi connectivity index (χ2v) is 4.92. The molecule has 0 fully saturated rings. The summed E-state index contributed by atoms with van der Waals surface area (Å²) in [5.74, 6) is 0.745. The summed E-state index contributed by atoms with van der Waals surface area (Å²) in [6.07, 6.45) is 0. The van der Waals surface area contributed by atoms with Crippen LogP contribution in [-0.4, -0.2) is 17.4 Å². The summed E-state index contributed by atoms with van der Waals surface area (Å²) in [6, 6.07) is 4.00. The lowest BCUT2D eigenvalue weighted by Crippen LogP contribution is -2.20. The zero-order chi connectivity index (χ0) is 14.4. The Kier molecular flexibility index (Phi) is 6.04. The molecule has 0 saturated carbocycles. The normalized spacial score (nSPS) is 9.89. The molecule has 7 heteroatoms. The van der Waals surface area contributed by atoms with Crippen molar-refractivity contribution in [2.75, 3.05) is 7.11 Å². The van der Waals surface area contributed by atoms with Crippen molar-refractivity contribution in [2.45, 2.75) is 20.0 Å². The van der Waals surface area contributed by atoms with Crippen LogP contribution in [0.1, 0.15) is 16.7 Å². The van der Waals surface area contributed by atoms with E-state index in [1.54, 1.807) is 7.11 Å². The lowest BCUT2D eigenvalue weighted by molar-refractivity contribution is 0.403. The summed E-state index contributed by atoms with van der Waals surface area (Å²) >= 11 is 7.79. The number of benzene rings is 1. The predicted octanol–water partition coefficient (Wildman–Crippen LogP) is 1.91. The van der Waals surface area contributed by atoms with E-state index in [4.69, 9.17) is 15.6 Å². The van der Waals surface area contributed by atoms with Gasteiger partial charge in [0.2, 0.25) is 0 Å². The third-order valence-electron chi connectivity index (χ3n) is 2.48. The molecule has 0 aliphatic heterocycles. The minimum absolute atomic E-state index is 0.111. The minimum atomic E-state index is 0.111. The first-order chi connectivity index (χ1) is 8.93.